The maximum atomic E-state index is 6.19. The number of thioether (sulfide) groups is 3. The Balaban J connectivity index is 3.12. The van der Waals surface area contributed by atoms with E-state index in [2.05, 4.69) is 70.4 Å². The predicted octanol–water partition coefficient (Wildman–Crippen LogP) is 6.58. The van der Waals surface area contributed by atoms with E-state index in [4.69, 9.17) is 9.16 Å². The van der Waals surface area contributed by atoms with E-state index in [-0.39, 0.29) is 0 Å². The van der Waals surface area contributed by atoms with Gasteiger partial charge in [0, 0.05) is 16.3 Å². The maximum Gasteiger partial charge on any atom is 0.242 e. The van der Waals surface area contributed by atoms with E-state index in [1.165, 1.54) is 17.1 Å². The highest BCUT2D eigenvalue weighted by Crippen LogP contribution is 2.42. The van der Waals surface area contributed by atoms with Crippen LogP contribution in [0, 0.1) is 0 Å². The standard InChI is InChI=1S/C19H34O2S3Si/c1-8-22-14-18(23-9-2)19(24-10-3)15-11-12-16(17(13-15)20-4)21-25(5,6)7/h11-13,18-19H,8-10,14H2,1-7H3. The first kappa shape index (κ1) is 23.1. The van der Waals surface area contributed by atoms with Crippen molar-refractivity contribution in [3.05, 3.63) is 23.8 Å². The van der Waals surface area contributed by atoms with Gasteiger partial charge in [-0.3, -0.25) is 0 Å². The van der Waals surface area contributed by atoms with Gasteiger partial charge >= 0.3 is 0 Å². The highest BCUT2D eigenvalue weighted by atomic mass is 32.2. The van der Waals surface area contributed by atoms with Crippen molar-refractivity contribution in [1.29, 1.82) is 0 Å². The molecule has 0 fully saturated rings. The molecule has 0 aromatic heterocycles. The molecule has 0 saturated heterocycles. The Morgan fingerprint density at radius 3 is 2.16 bits per heavy atom. The van der Waals surface area contributed by atoms with Crippen LogP contribution in [0.4, 0.5) is 0 Å². The Morgan fingerprint density at radius 2 is 1.64 bits per heavy atom. The zero-order chi connectivity index (χ0) is 18.9. The summed E-state index contributed by atoms with van der Waals surface area (Å²) in [6.07, 6.45) is 0. The minimum absolute atomic E-state index is 0.490. The number of rotatable bonds is 12. The third-order valence-electron chi connectivity index (χ3n) is 3.48. The van der Waals surface area contributed by atoms with Gasteiger partial charge in [-0.15, -0.1) is 0 Å². The van der Waals surface area contributed by atoms with E-state index >= 15 is 0 Å². The van der Waals surface area contributed by atoms with Gasteiger partial charge in [0.1, 0.15) is 5.75 Å². The van der Waals surface area contributed by atoms with Crippen LogP contribution >= 0.6 is 35.3 Å². The van der Waals surface area contributed by atoms with E-state index in [0.717, 1.165) is 23.0 Å². The second-order valence-corrected chi connectivity index (χ2v) is 15.3. The first-order valence-electron chi connectivity index (χ1n) is 9.04. The molecule has 0 aliphatic heterocycles. The maximum absolute atomic E-state index is 6.19. The number of methoxy groups -OCH3 is 1. The van der Waals surface area contributed by atoms with Crippen LogP contribution in [0.1, 0.15) is 31.6 Å². The summed E-state index contributed by atoms with van der Waals surface area (Å²) < 4.78 is 11.8. The molecule has 2 unspecified atom stereocenters. The van der Waals surface area contributed by atoms with Crippen molar-refractivity contribution in [2.45, 2.75) is 50.9 Å². The van der Waals surface area contributed by atoms with E-state index in [9.17, 15) is 0 Å². The van der Waals surface area contributed by atoms with Crippen LogP contribution in [0.15, 0.2) is 18.2 Å². The van der Waals surface area contributed by atoms with Crippen LogP contribution in [0.25, 0.3) is 0 Å². The van der Waals surface area contributed by atoms with E-state index < -0.39 is 8.32 Å². The number of benzene rings is 1. The largest absolute Gasteiger partial charge is 0.542 e. The Bertz CT molecular complexity index is 506. The summed E-state index contributed by atoms with van der Waals surface area (Å²) in [5.74, 6) is 6.40. The molecule has 0 heterocycles. The summed E-state index contributed by atoms with van der Waals surface area (Å²) in [4.78, 5) is 0. The van der Waals surface area contributed by atoms with Crippen molar-refractivity contribution in [2.24, 2.45) is 0 Å². The molecule has 0 aliphatic rings. The van der Waals surface area contributed by atoms with Crippen molar-refractivity contribution in [3.8, 4) is 11.5 Å². The molecule has 0 N–H and O–H groups in total. The molecule has 6 heteroatoms. The van der Waals surface area contributed by atoms with Crippen LogP contribution in [0.3, 0.4) is 0 Å². The third kappa shape index (κ3) is 8.10. The molecule has 0 spiro atoms. The average molecular weight is 419 g/mol. The summed E-state index contributed by atoms with van der Waals surface area (Å²) in [5.41, 5.74) is 1.36. The summed E-state index contributed by atoms with van der Waals surface area (Å²) in [7, 11) is 0.0892. The summed E-state index contributed by atoms with van der Waals surface area (Å²) >= 11 is 6.17. The van der Waals surface area contributed by atoms with Crippen molar-refractivity contribution >= 4 is 43.6 Å². The lowest BCUT2D eigenvalue weighted by Crippen LogP contribution is -2.29. The van der Waals surface area contributed by atoms with Crippen LogP contribution in [0.5, 0.6) is 11.5 Å². The normalized spacial score (nSPS) is 14.2. The highest BCUT2D eigenvalue weighted by Gasteiger charge is 2.25. The fourth-order valence-corrected chi connectivity index (χ4v) is 7.07. The Hall–Kier alpha value is 0.0869. The molecule has 2 atom stereocenters. The Labute approximate surface area is 168 Å². The smallest absolute Gasteiger partial charge is 0.242 e. The molecule has 25 heavy (non-hydrogen) atoms. The fraction of sp³-hybridized carbons (Fsp3) is 0.684. The lowest BCUT2D eigenvalue weighted by molar-refractivity contribution is 0.391. The molecule has 0 saturated carbocycles. The van der Waals surface area contributed by atoms with E-state index in [1.54, 1.807) is 7.11 Å². The number of hydrogen-bond donors (Lipinski definition) is 0. The van der Waals surface area contributed by atoms with E-state index in [1.807, 2.05) is 23.5 Å². The van der Waals surface area contributed by atoms with Crippen LogP contribution < -0.4 is 9.16 Å². The zero-order valence-electron chi connectivity index (χ0n) is 16.8. The van der Waals surface area contributed by atoms with Crippen LogP contribution in [-0.2, 0) is 0 Å². The van der Waals surface area contributed by atoms with Gasteiger partial charge in [0.15, 0.2) is 5.75 Å². The number of ether oxygens (including phenoxy) is 1. The molecule has 1 aromatic carbocycles. The van der Waals surface area contributed by atoms with Gasteiger partial charge in [-0.25, -0.2) is 0 Å². The van der Waals surface area contributed by atoms with Gasteiger partial charge < -0.3 is 9.16 Å². The molecule has 144 valence electrons. The van der Waals surface area contributed by atoms with Gasteiger partial charge in [0.05, 0.1) is 7.11 Å². The monoisotopic (exact) mass is 418 g/mol. The van der Waals surface area contributed by atoms with E-state index in [0.29, 0.717) is 10.5 Å². The first-order valence-corrected chi connectivity index (χ1v) is 15.7. The minimum Gasteiger partial charge on any atom is -0.542 e. The molecular weight excluding hydrogens is 384 g/mol. The molecule has 2 nitrogen and oxygen atoms in total. The Morgan fingerprint density at radius 1 is 0.960 bits per heavy atom. The predicted molar refractivity (Wildman–Crippen MR) is 123 cm³/mol. The lowest BCUT2D eigenvalue weighted by atomic mass is 10.1. The van der Waals surface area contributed by atoms with Crippen molar-refractivity contribution in [1.82, 2.24) is 0 Å². The van der Waals surface area contributed by atoms with Crippen LogP contribution in [-0.4, -0.2) is 43.7 Å². The summed E-state index contributed by atoms with van der Waals surface area (Å²) in [6.45, 7) is 13.3. The molecule has 0 amide bonds. The second-order valence-electron chi connectivity index (χ2n) is 6.65. The zero-order valence-corrected chi connectivity index (χ0v) is 20.2. The average Bonchev–Trinajstić information content (AvgIpc) is 2.56. The molecule has 0 bridgehead atoms. The van der Waals surface area contributed by atoms with Gasteiger partial charge in [0.2, 0.25) is 8.32 Å². The fourth-order valence-electron chi connectivity index (χ4n) is 2.54. The Kier molecular flexibility index (Phi) is 10.8. The molecule has 0 radical (unpaired) electrons. The third-order valence-corrected chi connectivity index (χ3v) is 8.20. The molecule has 1 aromatic rings. The summed E-state index contributed by atoms with van der Waals surface area (Å²) in [6, 6.07) is 6.55. The quantitative estimate of drug-likeness (QED) is 0.356. The van der Waals surface area contributed by atoms with Gasteiger partial charge in [0.25, 0.3) is 0 Å². The minimum atomic E-state index is -1.65. The van der Waals surface area contributed by atoms with Crippen molar-refractivity contribution < 1.29 is 9.16 Å². The highest BCUT2D eigenvalue weighted by molar-refractivity contribution is 8.05. The molecule has 1 rings (SSSR count). The lowest BCUT2D eigenvalue weighted by Gasteiger charge is -2.27. The van der Waals surface area contributed by atoms with Gasteiger partial charge in [-0.1, -0.05) is 26.8 Å². The SMILES string of the molecule is CCSCC(SCC)C(SCC)c1ccc(O[Si](C)(C)C)c(OC)c1. The molecular formula is C19H34O2S3Si. The molecule has 0 aliphatic carbocycles. The number of hydrogen-bond acceptors (Lipinski definition) is 5. The van der Waals surface area contributed by atoms with Crippen molar-refractivity contribution in [3.63, 3.8) is 0 Å². The van der Waals surface area contributed by atoms with Crippen LogP contribution in [0.2, 0.25) is 19.6 Å². The topological polar surface area (TPSA) is 18.5 Å². The first-order chi connectivity index (χ1) is 11.9. The van der Waals surface area contributed by atoms with Crippen molar-refractivity contribution in [2.75, 3.05) is 30.1 Å². The summed E-state index contributed by atoms with van der Waals surface area (Å²) in [5, 5.41) is 1.11. The van der Waals surface area contributed by atoms with Gasteiger partial charge in [-0.2, -0.15) is 35.3 Å². The van der Waals surface area contributed by atoms with Gasteiger partial charge in [-0.05, 0) is 54.6 Å². The second kappa shape index (κ2) is 11.7.